The summed E-state index contributed by atoms with van der Waals surface area (Å²) in [6.45, 7) is 3.86. The lowest BCUT2D eigenvalue weighted by Gasteiger charge is -2.24. The Morgan fingerprint density at radius 2 is 1.57 bits per heavy atom. The minimum Gasteiger partial charge on any atom is -0.315 e. The molecule has 0 bridgehead atoms. The fourth-order valence-electron chi connectivity index (χ4n) is 2.48. The molecule has 0 radical (unpaired) electrons. The highest BCUT2D eigenvalue weighted by atomic mass is 16.2. The van der Waals surface area contributed by atoms with Gasteiger partial charge >= 0.3 is 0 Å². The Labute approximate surface area is 137 Å². The Hall–Kier alpha value is -2.62. The quantitative estimate of drug-likeness (QED) is 0.849. The van der Waals surface area contributed by atoms with E-state index in [1.165, 1.54) is 6.92 Å². The minimum absolute atomic E-state index is 0.0176. The first-order valence-corrected chi connectivity index (χ1v) is 7.66. The summed E-state index contributed by atoms with van der Waals surface area (Å²) in [5, 5.41) is 0. The predicted molar refractivity (Wildman–Crippen MR) is 93.7 cm³/mol. The van der Waals surface area contributed by atoms with Crippen molar-refractivity contribution in [3.8, 4) is 0 Å². The van der Waals surface area contributed by atoms with E-state index in [1.807, 2.05) is 61.5 Å². The molecule has 0 aliphatic rings. The molecular weight excluding hydrogens is 288 g/mol. The molecule has 0 atom stereocenters. The van der Waals surface area contributed by atoms with Crippen LogP contribution in [-0.4, -0.2) is 25.4 Å². The molecule has 0 aliphatic carbocycles. The van der Waals surface area contributed by atoms with Crippen LogP contribution in [0, 0.1) is 6.92 Å². The molecule has 0 heterocycles. The van der Waals surface area contributed by atoms with Gasteiger partial charge in [0.15, 0.2) is 0 Å². The summed E-state index contributed by atoms with van der Waals surface area (Å²) < 4.78 is 0. The number of rotatable bonds is 5. The van der Waals surface area contributed by atoms with Gasteiger partial charge in [-0.1, -0.05) is 36.4 Å². The molecule has 0 aromatic heterocycles. The third kappa shape index (κ3) is 4.19. The first kappa shape index (κ1) is 16.7. The standard InChI is InChI=1S/C19H22N2O2/c1-15-9-7-8-12-18(15)21(16(2)22)14-13-19(23)20(3)17-10-5-4-6-11-17/h4-12H,13-14H2,1-3H3. The van der Waals surface area contributed by atoms with E-state index in [9.17, 15) is 9.59 Å². The second-order valence-corrected chi connectivity index (χ2v) is 5.50. The van der Waals surface area contributed by atoms with E-state index in [2.05, 4.69) is 0 Å². The van der Waals surface area contributed by atoms with E-state index in [-0.39, 0.29) is 18.2 Å². The molecule has 0 N–H and O–H groups in total. The summed E-state index contributed by atoms with van der Waals surface area (Å²) in [5.74, 6) is -0.0782. The fourth-order valence-corrected chi connectivity index (χ4v) is 2.48. The molecule has 2 amide bonds. The van der Waals surface area contributed by atoms with Gasteiger partial charge in [0.25, 0.3) is 0 Å². The van der Waals surface area contributed by atoms with Gasteiger partial charge in [-0.05, 0) is 30.7 Å². The van der Waals surface area contributed by atoms with Gasteiger partial charge in [0.2, 0.25) is 11.8 Å². The molecule has 2 aromatic rings. The summed E-state index contributed by atoms with van der Waals surface area (Å²) in [6.07, 6.45) is 0.277. The molecule has 23 heavy (non-hydrogen) atoms. The highest BCUT2D eigenvalue weighted by molar-refractivity contribution is 5.96. The summed E-state index contributed by atoms with van der Waals surface area (Å²) in [5.41, 5.74) is 2.73. The van der Waals surface area contributed by atoms with Crippen molar-refractivity contribution in [1.82, 2.24) is 0 Å². The zero-order chi connectivity index (χ0) is 16.8. The summed E-state index contributed by atoms with van der Waals surface area (Å²) in [7, 11) is 1.75. The SMILES string of the molecule is CC(=O)N(CCC(=O)N(C)c1ccccc1)c1ccccc1C. The third-order valence-corrected chi connectivity index (χ3v) is 3.85. The maximum Gasteiger partial charge on any atom is 0.228 e. The molecule has 0 saturated carbocycles. The molecule has 0 spiro atoms. The van der Waals surface area contributed by atoms with Crippen molar-refractivity contribution in [3.63, 3.8) is 0 Å². The number of nitrogens with zero attached hydrogens (tertiary/aromatic N) is 2. The number of amides is 2. The second-order valence-electron chi connectivity index (χ2n) is 5.50. The van der Waals surface area contributed by atoms with Gasteiger partial charge in [0.05, 0.1) is 0 Å². The fraction of sp³-hybridized carbons (Fsp3) is 0.263. The average Bonchev–Trinajstić information content (AvgIpc) is 2.56. The lowest BCUT2D eigenvalue weighted by molar-refractivity contribution is -0.118. The lowest BCUT2D eigenvalue weighted by atomic mass is 10.1. The molecule has 120 valence electrons. The maximum absolute atomic E-state index is 12.4. The number of hydrogen-bond donors (Lipinski definition) is 0. The molecular formula is C19H22N2O2. The van der Waals surface area contributed by atoms with Crippen LogP contribution < -0.4 is 9.80 Å². The second kappa shape index (κ2) is 7.58. The van der Waals surface area contributed by atoms with Gasteiger partial charge < -0.3 is 9.80 Å². The number of aryl methyl sites for hydroxylation is 1. The van der Waals surface area contributed by atoms with Crippen LogP contribution in [0.1, 0.15) is 18.9 Å². The summed E-state index contributed by atoms with van der Waals surface area (Å²) in [4.78, 5) is 27.6. The highest BCUT2D eigenvalue weighted by Gasteiger charge is 2.17. The van der Waals surface area contributed by atoms with Gasteiger partial charge in [-0.2, -0.15) is 0 Å². The zero-order valence-corrected chi connectivity index (χ0v) is 13.8. The normalized spacial score (nSPS) is 10.2. The van der Waals surface area contributed by atoms with Crippen LogP contribution in [-0.2, 0) is 9.59 Å². The van der Waals surface area contributed by atoms with E-state index >= 15 is 0 Å². The highest BCUT2D eigenvalue weighted by Crippen LogP contribution is 2.20. The third-order valence-electron chi connectivity index (χ3n) is 3.85. The topological polar surface area (TPSA) is 40.6 Å². The Morgan fingerprint density at radius 1 is 0.957 bits per heavy atom. The number of para-hydroxylation sites is 2. The predicted octanol–water partition coefficient (Wildman–Crippen LogP) is 3.40. The molecule has 2 rings (SSSR count). The van der Waals surface area contributed by atoms with Gasteiger partial charge in [-0.3, -0.25) is 9.59 Å². The Morgan fingerprint density at radius 3 is 2.17 bits per heavy atom. The van der Waals surface area contributed by atoms with Crippen molar-refractivity contribution < 1.29 is 9.59 Å². The number of benzene rings is 2. The van der Waals surface area contributed by atoms with Gasteiger partial charge in [0.1, 0.15) is 0 Å². The number of carbonyl (C=O) groups excluding carboxylic acids is 2. The molecule has 4 nitrogen and oxygen atoms in total. The van der Waals surface area contributed by atoms with Gasteiger partial charge in [-0.15, -0.1) is 0 Å². The number of carbonyl (C=O) groups is 2. The number of anilines is 2. The van der Waals surface area contributed by atoms with Crippen molar-refractivity contribution in [2.75, 3.05) is 23.4 Å². The Kier molecular flexibility index (Phi) is 5.52. The Balaban J connectivity index is 2.06. The molecule has 0 saturated heterocycles. The average molecular weight is 310 g/mol. The first-order valence-electron chi connectivity index (χ1n) is 7.66. The maximum atomic E-state index is 12.4. The van der Waals surface area contributed by atoms with Crippen LogP contribution in [0.2, 0.25) is 0 Å². The minimum atomic E-state index is -0.0607. The summed E-state index contributed by atoms with van der Waals surface area (Å²) >= 11 is 0. The molecule has 0 aliphatic heterocycles. The summed E-state index contributed by atoms with van der Waals surface area (Å²) in [6, 6.07) is 17.2. The lowest BCUT2D eigenvalue weighted by Crippen LogP contribution is -2.35. The van der Waals surface area contributed by atoms with Gasteiger partial charge in [0, 0.05) is 38.3 Å². The van der Waals surface area contributed by atoms with Crippen molar-refractivity contribution >= 4 is 23.2 Å². The van der Waals surface area contributed by atoms with Crippen LogP contribution in [0.5, 0.6) is 0 Å². The molecule has 4 heteroatoms. The van der Waals surface area contributed by atoms with Crippen molar-refractivity contribution in [2.45, 2.75) is 20.3 Å². The van der Waals surface area contributed by atoms with Crippen molar-refractivity contribution in [1.29, 1.82) is 0 Å². The molecule has 2 aromatic carbocycles. The molecule has 0 unspecified atom stereocenters. The monoisotopic (exact) mass is 310 g/mol. The van der Waals surface area contributed by atoms with Crippen LogP contribution in [0.3, 0.4) is 0 Å². The van der Waals surface area contributed by atoms with E-state index in [4.69, 9.17) is 0 Å². The van der Waals surface area contributed by atoms with E-state index in [1.54, 1.807) is 16.8 Å². The smallest absolute Gasteiger partial charge is 0.228 e. The molecule has 0 fully saturated rings. The van der Waals surface area contributed by atoms with Crippen LogP contribution >= 0.6 is 0 Å². The van der Waals surface area contributed by atoms with E-state index < -0.39 is 0 Å². The Bertz CT molecular complexity index is 683. The van der Waals surface area contributed by atoms with Crippen molar-refractivity contribution in [2.24, 2.45) is 0 Å². The van der Waals surface area contributed by atoms with E-state index in [0.29, 0.717) is 6.54 Å². The largest absolute Gasteiger partial charge is 0.315 e. The van der Waals surface area contributed by atoms with Crippen LogP contribution in [0.4, 0.5) is 11.4 Å². The zero-order valence-electron chi connectivity index (χ0n) is 13.8. The number of hydrogen-bond acceptors (Lipinski definition) is 2. The van der Waals surface area contributed by atoms with Crippen LogP contribution in [0.15, 0.2) is 54.6 Å². The van der Waals surface area contributed by atoms with E-state index in [0.717, 1.165) is 16.9 Å². The first-order chi connectivity index (χ1) is 11.0. The van der Waals surface area contributed by atoms with Crippen molar-refractivity contribution in [3.05, 3.63) is 60.2 Å². The van der Waals surface area contributed by atoms with Crippen LogP contribution in [0.25, 0.3) is 0 Å². The van der Waals surface area contributed by atoms with Gasteiger partial charge in [-0.25, -0.2) is 0 Å².